The maximum atomic E-state index is 13.2. The molecule has 0 aromatic carbocycles. The number of hydrogen-bond acceptors (Lipinski definition) is 3. The van der Waals surface area contributed by atoms with Crippen LogP contribution in [0, 0.1) is 11.4 Å². The molecule has 0 unspecified atom stereocenters. The number of likely N-dealkylation sites (tertiary alicyclic amines) is 2. The average molecular weight is 317 g/mol. The van der Waals surface area contributed by atoms with Gasteiger partial charge >= 0.3 is 0 Å². The van der Waals surface area contributed by atoms with E-state index in [4.69, 9.17) is 0 Å². The quantitative estimate of drug-likeness (QED) is 0.787. The van der Waals surface area contributed by atoms with Crippen molar-refractivity contribution in [2.45, 2.75) is 44.6 Å². The van der Waals surface area contributed by atoms with Gasteiger partial charge in [-0.3, -0.25) is 4.79 Å². The third-order valence-electron chi connectivity index (χ3n) is 6.08. The number of pyridine rings is 1. The van der Waals surface area contributed by atoms with Crippen LogP contribution in [0.25, 0.3) is 0 Å². The lowest BCUT2D eigenvalue weighted by Gasteiger charge is -2.54. The SMILES string of the molecule is O=C(c1ccnc(F)c1)N1CCC2(CC1)CC(N1CCCC1)C2. The summed E-state index contributed by atoms with van der Waals surface area (Å²) in [5.74, 6) is -0.645. The molecular formula is C18H24FN3O. The van der Waals surface area contributed by atoms with Gasteiger partial charge in [0.1, 0.15) is 0 Å². The third kappa shape index (κ3) is 2.87. The minimum atomic E-state index is -0.586. The van der Waals surface area contributed by atoms with Gasteiger partial charge in [-0.25, -0.2) is 4.98 Å². The highest BCUT2D eigenvalue weighted by Crippen LogP contribution is 2.51. The van der Waals surface area contributed by atoms with E-state index < -0.39 is 5.95 Å². The Kier molecular flexibility index (Phi) is 3.84. The number of rotatable bonds is 2. The lowest BCUT2D eigenvalue weighted by atomic mass is 9.60. The summed E-state index contributed by atoms with van der Waals surface area (Å²) in [5.41, 5.74) is 0.880. The van der Waals surface area contributed by atoms with Crippen LogP contribution in [0.4, 0.5) is 4.39 Å². The molecule has 4 rings (SSSR count). The number of nitrogens with zero attached hydrogens (tertiary/aromatic N) is 3. The fraction of sp³-hybridized carbons (Fsp3) is 0.667. The van der Waals surface area contributed by atoms with Crippen molar-refractivity contribution in [3.05, 3.63) is 29.8 Å². The van der Waals surface area contributed by atoms with E-state index in [9.17, 15) is 9.18 Å². The molecule has 0 bridgehead atoms. The van der Waals surface area contributed by atoms with Crippen molar-refractivity contribution in [1.29, 1.82) is 0 Å². The number of hydrogen-bond donors (Lipinski definition) is 0. The maximum absolute atomic E-state index is 13.2. The first kappa shape index (κ1) is 15.1. The van der Waals surface area contributed by atoms with Crippen LogP contribution in [0.2, 0.25) is 0 Å². The van der Waals surface area contributed by atoms with Crippen molar-refractivity contribution < 1.29 is 9.18 Å². The summed E-state index contributed by atoms with van der Waals surface area (Å²) < 4.78 is 13.2. The van der Waals surface area contributed by atoms with Gasteiger partial charge in [-0.15, -0.1) is 0 Å². The zero-order chi connectivity index (χ0) is 15.9. The number of aromatic nitrogens is 1. The number of halogens is 1. The Morgan fingerprint density at radius 3 is 2.52 bits per heavy atom. The first-order valence-electron chi connectivity index (χ1n) is 8.80. The largest absolute Gasteiger partial charge is 0.339 e. The van der Waals surface area contributed by atoms with Gasteiger partial charge in [0.15, 0.2) is 0 Å². The molecule has 0 atom stereocenters. The van der Waals surface area contributed by atoms with E-state index in [0.717, 1.165) is 32.0 Å². The lowest BCUT2D eigenvalue weighted by Crippen LogP contribution is -2.55. The summed E-state index contributed by atoms with van der Waals surface area (Å²) in [6, 6.07) is 3.62. The molecule has 23 heavy (non-hydrogen) atoms. The summed E-state index contributed by atoms with van der Waals surface area (Å²) in [6.45, 7) is 4.16. The predicted octanol–water partition coefficient (Wildman–Crippen LogP) is 2.70. The van der Waals surface area contributed by atoms with Crippen molar-refractivity contribution in [1.82, 2.24) is 14.8 Å². The van der Waals surface area contributed by atoms with Gasteiger partial charge in [0.2, 0.25) is 5.95 Å². The Hall–Kier alpha value is -1.49. The van der Waals surface area contributed by atoms with Crippen molar-refractivity contribution in [3.63, 3.8) is 0 Å². The molecule has 124 valence electrons. The van der Waals surface area contributed by atoms with Crippen LogP contribution in [-0.2, 0) is 0 Å². The minimum Gasteiger partial charge on any atom is -0.339 e. The Balaban J connectivity index is 1.32. The average Bonchev–Trinajstić information content (AvgIpc) is 3.06. The molecule has 1 aliphatic carbocycles. The third-order valence-corrected chi connectivity index (χ3v) is 6.08. The van der Waals surface area contributed by atoms with E-state index >= 15 is 0 Å². The van der Waals surface area contributed by atoms with Gasteiger partial charge in [0, 0.05) is 37.0 Å². The number of amides is 1. The molecule has 4 nitrogen and oxygen atoms in total. The van der Waals surface area contributed by atoms with Gasteiger partial charge in [0.05, 0.1) is 0 Å². The molecule has 2 aliphatic heterocycles. The summed E-state index contributed by atoms with van der Waals surface area (Å²) in [7, 11) is 0. The second-order valence-electron chi connectivity index (χ2n) is 7.46. The van der Waals surface area contributed by atoms with E-state index in [2.05, 4.69) is 9.88 Å². The molecule has 5 heteroatoms. The van der Waals surface area contributed by atoms with Gasteiger partial charge in [-0.05, 0) is 63.1 Å². The molecule has 1 aromatic rings. The summed E-state index contributed by atoms with van der Waals surface area (Å²) in [4.78, 5) is 20.5. The molecule has 2 saturated heterocycles. The fourth-order valence-corrected chi connectivity index (χ4v) is 4.62. The molecule has 3 fully saturated rings. The van der Waals surface area contributed by atoms with Crippen molar-refractivity contribution in [2.75, 3.05) is 26.2 Å². The van der Waals surface area contributed by atoms with Crippen LogP contribution >= 0.6 is 0 Å². The van der Waals surface area contributed by atoms with Crippen LogP contribution in [0.15, 0.2) is 18.3 Å². The van der Waals surface area contributed by atoms with E-state index in [0.29, 0.717) is 11.0 Å². The molecule has 1 aromatic heterocycles. The van der Waals surface area contributed by atoms with Crippen LogP contribution in [0.3, 0.4) is 0 Å². The van der Waals surface area contributed by atoms with Crippen molar-refractivity contribution in [2.24, 2.45) is 5.41 Å². The molecule has 3 heterocycles. The highest BCUT2D eigenvalue weighted by molar-refractivity contribution is 5.94. The Bertz CT molecular complexity index is 584. The summed E-state index contributed by atoms with van der Waals surface area (Å²) >= 11 is 0. The van der Waals surface area contributed by atoms with E-state index in [1.54, 1.807) is 6.07 Å². The second kappa shape index (κ2) is 5.86. The zero-order valence-electron chi connectivity index (χ0n) is 13.5. The lowest BCUT2D eigenvalue weighted by molar-refractivity contribution is -0.0312. The van der Waals surface area contributed by atoms with Gasteiger partial charge in [-0.1, -0.05) is 0 Å². The second-order valence-corrected chi connectivity index (χ2v) is 7.46. The molecule has 1 amide bonds. The monoisotopic (exact) mass is 317 g/mol. The first-order chi connectivity index (χ1) is 11.2. The van der Waals surface area contributed by atoms with E-state index in [1.807, 2.05) is 4.90 Å². The molecule has 3 aliphatic rings. The van der Waals surface area contributed by atoms with Crippen LogP contribution < -0.4 is 0 Å². The van der Waals surface area contributed by atoms with Gasteiger partial charge in [0.25, 0.3) is 5.91 Å². The van der Waals surface area contributed by atoms with Crippen LogP contribution in [-0.4, -0.2) is 52.9 Å². The smallest absolute Gasteiger partial charge is 0.254 e. The molecular weight excluding hydrogens is 293 g/mol. The number of carbonyl (C=O) groups excluding carboxylic acids is 1. The highest BCUT2D eigenvalue weighted by atomic mass is 19.1. The zero-order valence-corrected chi connectivity index (χ0v) is 13.5. The van der Waals surface area contributed by atoms with Gasteiger partial charge < -0.3 is 9.80 Å². The van der Waals surface area contributed by atoms with Crippen molar-refractivity contribution in [3.8, 4) is 0 Å². The molecule has 1 saturated carbocycles. The first-order valence-corrected chi connectivity index (χ1v) is 8.80. The van der Waals surface area contributed by atoms with Crippen LogP contribution in [0.1, 0.15) is 48.9 Å². The number of carbonyl (C=O) groups is 1. The Labute approximate surface area is 136 Å². The minimum absolute atomic E-state index is 0.0587. The van der Waals surface area contributed by atoms with Crippen LogP contribution in [0.5, 0.6) is 0 Å². The van der Waals surface area contributed by atoms with E-state index in [-0.39, 0.29) is 5.91 Å². The predicted molar refractivity (Wildman–Crippen MR) is 85.6 cm³/mol. The maximum Gasteiger partial charge on any atom is 0.254 e. The number of piperidine rings is 1. The summed E-state index contributed by atoms with van der Waals surface area (Å²) in [5, 5.41) is 0. The Morgan fingerprint density at radius 2 is 1.87 bits per heavy atom. The highest BCUT2D eigenvalue weighted by Gasteiger charge is 2.48. The normalized spacial score (nSPS) is 24.8. The standard InChI is InChI=1S/C18H24FN3O/c19-16-11-14(3-6-20-16)17(23)22-9-4-18(5-10-22)12-15(13-18)21-7-1-2-8-21/h3,6,11,15H,1-2,4-5,7-10,12-13H2. The molecule has 0 N–H and O–H groups in total. The summed E-state index contributed by atoms with van der Waals surface area (Å²) in [6.07, 6.45) is 8.87. The Morgan fingerprint density at radius 1 is 1.17 bits per heavy atom. The topological polar surface area (TPSA) is 36.4 Å². The van der Waals surface area contributed by atoms with Crippen molar-refractivity contribution >= 4 is 5.91 Å². The molecule has 1 spiro atoms. The van der Waals surface area contributed by atoms with Gasteiger partial charge in [-0.2, -0.15) is 4.39 Å². The fourth-order valence-electron chi connectivity index (χ4n) is 4.62. The van der Waals surface area contributed by atoms with E-state index in [1.165, 1.54) is 51.0 Å². The molecule has 0 radical (unpaired) electrons.